The second kappa shape index (κ2) is 8.00. The number of fused-ring (bicyclic) bond motifs is 3. The highest BCUT2D eigenvalue weighted by Crippen LogP contribution is 2.41. The fraction of sp³-hybridized carbons (Fsp3) is 0.739. The van der Waals surface area contributed by atoms with E-state index in [9.17, 15) is 0 Å². The third kappa shape index (κ3) is 3.97. The Kier molecular flexibility index (Phi) is 5.65. The summed E-state index contributed by atoms with van der Waals surface area (Å²) in [5, 5.41) is 0. The molecule has 27 heavy (non-hydrogen) atoms. The van der Waals surface area contributed by atoms with Crippen molar-refractivity contribution in [3.8, 4) is 11.5 Å². The number of hydrogen-bond donors (Lipinski definition) is 0. The Bertz CT molecular complexity index is 654. The lowest BCUT2D eigenvalue weighted by molar-refractivity contribution is 0.0294. The van der Waals surface area contributed by atoms with Crippen LogP contribution in [0.15, 0.2) is 12.1 Å². The standard InChI is InChI=1S/C23H36N2O2/c1-16(2)11-18-14-25-10-9-17-12-23(27-19-7-5-6-8-19)22(26-4)13-20(17)21(25)15-24(18)3/h12-13,16,18-19,21H,5-11,14-15H2,1-4H3/t18-,21-/m1/s1. The minimum atomic E-state index is 0.370. The minimum Gasteiger partial charge on any atom is -0.493 e. The first kappa shape index (κ1) is 19.1. The van der Waals surface area contributed by atoms with Crippen LogP contribution in [0.5, 0.6) is 11.5 Å². The van der Waals surface area contributed by atoms with Crippen molar-refractivity contribution >= 4 is 0 Å². The van der Waals surface area contributed by atoms with Crippen LogP contribution in [-0.4, -0.2) is 55.7 Å². The SMILES string of the molecule is COc1cc2c(cc1OC1CCCC1)CCN1C[C@@H](CC(C)C)N(C)C[C@H]21. The molecule has 3 aliphatic rings. The Morgan fingerprint density at radius 2 is 1.89 bits per heavy atom. The van der Waals surface area contributed by atoms with Crippen LogP contribution in [0, 0.1) is 5.92 Å². The molecular formula is C23H36N2O2. The van der Waals surface area contributed by atoms with Gasteiger partial charge in [0.15, 0.2) is 11.5 Å². The van der Waals surface area contributed by atoms with E-state index >= 15 is 0 Å². The highest BCUT2D eigenvalue weighted by atomic mass is 16.5. The van der Waals surface area contributed by atoms with Crippen molar-refractivity contribution in [3.63, 3.8) is 0 Å². The van der Waals surface area contributed by atoms with Crippen molar-refractivity contribution in [1.82, 2.24) is 9.80 Å². The number of hydrogen-bond acceptors (Lipinski definition) is 4. The maximum Gasteiger partial charge on any atom is 0.161 e. The monoisotopic (exact) mass is 372 g/mol. The third-order valence-corrected chi connectivity index (χ3v) is 6.76. The topological polar surface area (TPSA) is 24.9 Å². The second-order valence-electron chi connectivity index (χ2n) is 9.21. The zero-order chi connectivity index (χ0) is 19.0. The van der Waals surface area contributed by atoms with E-state index in [0.717, 1.165) is 36.9 Å². The first-order valence-electron chi connectivity index (χ1n) is 10.9. The summed E-state index contributed by atoms with van der Waals surface area (Å²) in [6, 6.07) is 5.71. The summed E-state index contributed by atoms with van der Waals surface area (Å²) < 4.78 is 12.1. The van der Waals surface area contributed by atoms with Gasteiger partial charge in [0.05, 0.1) is 13.2 Å². The molecule has 4 heteroatoms. The predicted octanol–water partition coefficient (Wildman–Crippen LogP) is 4.28. The van der Waals surface area contributed by atoms with Gasteiger partial charge in [-0.1, -0.05) is 13.8 Å². The third-order valence-electron chi connectivity index (χ3n) is 6.76. The van der Waals surface area contributed by atoms with E-state index in [1.54, 1.807) is 7.11 Å². The van der Waals surface area contributed by atoms with E-state index in [1.807, 2.05) is 0 Å². The molecule has 0 radical (unpaired) electrons. The van der Waals surface area contributed by atoms with E-state index in [-0.39, 0.29) is 0 Å². The van der Waals surface area contributed by atoms with E-state index in [2.05, 4.69) is 42.8 Å². The summed E-state index contributed by atoms with van der Waals surface area (Å²) >= 11 is 0. The zero-order valence-electron chi connectivity index (χ0n) is 17.5. The smallest absolute Gasteiger partial charge is 0.161 e. The van der Waals surface area contributed by atoms with E-state index in [4.69, 9.17) is 9.47 Å². The summed E-state index contributed by atoms with van der Waals surface area (Å²) in [5.74, 6) is 2.62. The molecule has 0 spiro atoms. The summed E-state index contributed by atoms with van der Waals surface area (Å²) in [6.45, 7) is 8.12. The van der Waals surface area contributed by atoms with Crippen LogP contribution in [0.25, 0.3) is 0 Å². The zero-order valence-corrected chi connectivity index (χ0v) is 17.5. The lowest BCUT2D eigenvalue weighted by Gasteiger charge is -2.48. The molecule has 1 aliphatic carbocycles. The Morgan fingerprint density at radius 1 is 1.11 bits per heavy atom. The lowest BCUT2D eigenvalue weighted by atomic mass is 9.88. The molecule has 0 aromatic heterocycles. The van der Waals surface area contributed by atoms with E-state index in [1.165, 1.54) is 49.8 Å². The van der Waals surface area contributed by atoms with Gasteiger partial charge in [-0.15, -0.1) is 0 Å². The van der Waals surface area contributed by atoms with Crippen molar-refractivity contribution in [2.45, 2.75) is 70.6 Å². The maximum absolute atomic E-state index is 6.33. The molecule has 2 fully saturated rings. The number of rotatable bonds is 5. The predicted molar refractivity (Wildman–Crippen MR) is 110 cm³/mol. The van der Waals surface area contributed by atoms with E-state index < -0.39 is 0 Å². The molecule has 1 aromatic carbocycles. The van der Waals surface area contributed by atoms with Gasteiger partial charge >= 0.3 is 0 Å². The lowest BCUT2D eigenvalue weighted by Crippen LogP contribution is -2.55. The van der Waals surface area contributed by atoms with Crippen molar-refractivity contribution in [2.24, 2.45) is 5.92 Å². The number of likely N-dealkylation sites (N-methyl/N-ethyl adjacent to an activating group) is 1. The number of piperazine rings is 1. The van der Waals surface area contributed by atoms with Gasteiger partial charge < -0.3 is 14.4 Å². The average Bonchev–Trinajstić information content (AvgIpc) is 3.14. The molecule has 4 rings (SSSR count). The van der Waals surface area contributed by atoms with Crippen LogP contribution in [0.3, 0.4) is 0 Å². The first-order chi connectivity index (χ1) is 13.0. The minimum absolute atomic E-state index is 0.370. The Morgan fingerprint density at radius 3 is 2.59 bits per heavy atom. The molecule has 0 N–H and O–H groups in total. The molecule has 1 saturated carbocycles. The number of methoxy groups -OCH3 is 1. The summed E-state index contributed by atoms with van der Waals surface area (Å²) in [5.41, 5.74) is 2.91. The summed E-state index contributed by atoms with van der Waals surface area (Å²) in [7, 11) is 4.07. The van der Waals surface area contributed by atoms with Crippen molar-refractivity contribution < 1.29 is 9.47 Å². The van der Waals surface area contributed by atoms with Gasteiger partial charge in [0.25, 0.3) is 0 Å². The molecule has 0 amide bonds. The molecular weight excluding hydrogens is 336 g/mol. The fourth-order valence-corrected chi connectivity index (χ4v) is 5.26. The fourth-order valence-electron chi connectivity index (χ4n) is 5.26. The highest BCUT2D eigenvalue weighted by molar-refractivity contribution is 5.50. The summed E-state index contributed by atoms with van der Waals surface area (Å²) in [6.07, 6.45) is 7.71. The maximum atomic E-state index is 6.33. The molecule has 2 heterocycles. The number of ether oxygens (including phenoxy) is 2. The molecule has 150 valence electrons. The van der Waals surface area contributed by atoms with Gasteiger partial charge in [0.2, 0.25) is 0 Å². The second-order valence-corrected chi connectivity index (χ2v) is 9.21. The summed E-state index contributed by atoms with van der Waals surface area (Å²) in [4.78, 5) is 5.28. The largest absolute Gasteiger partial charge is 0.493 e. The van der Waals surface area contributed by atoms with Crippen molar-refractivity contribution in [3.05, 3.63) is 23.3 Å². The highest BCUT2D eigenvalue weighted by Gasteiger charge is 2.37. The number of nitrogens with zero attached hydrogens (tertiary/aromatic N) is 2. The molecule has 4 nitrogen and oxygen atoms in total. The Balaban J connectivity index is 1.56. The van der Waals surface area contributed by atoms with Crippen molar-refractivity contribution in [2.75, 3.05) is 33.8 Å². The molecule has 0 bridgehead atoms. The van der Waals surface area contributed by atoms with Gasteiger partial charge in [-0.05, 0) is 74.8 Å². The molecule has 1 aromatic rings. The molecule has 1 saturated heterocycles. The quantitative estimate of drug-likeness (QED) is 0.770. The normalized spacial score (nSPS) is 26.9. The van der Waals surface area contributed by atoms with Crippen LogP contribution in [0.4, 0.5) is 0 Å². The molecule has 2 aliphatic heterocycles. The van der Waals surface area contributed by atoms with Gasteiger partial charge in [-0.25, -0.2) is 0 Å². The van der Waals surface area contributed by atoms with Gasteiger partial charge in [0.1, 0.15) is 0 Å². The van der Waals surface area contributed by atoms with Crippen LogP contribution in [0.2, 0.25) is 0 Å². The Hall–Kier alpha value is -1.26. The Labute approximate surface area is 164 Å². The average molecular weight is 373 g/mol. The van der Waals surface area contributed by atoms with Crippen LogP contribution >= 0.6 is 0 Å². The van der Waals surface area contributed by atoms with Gasteiger partial charge in [0, 0.05) is 31.7 Å². The van der Waals surface area contributed by atoms with Crippen molar-refractivity contribution in [1.29, 1.82) is 0 Å². The molecule has 0 unspecified atom stereocenters. The van der Waals surface area contributed by atoms with Gasteiger partial charge in [-0.2, -0.15) is 0 Å². The van der Waals surface area contributed by atoms with E-state index in [0.29, 0.717) is 18.2 Å². The first-order valence-corrected chi connectivity index (χ1v) is 10.9. The number of benzene rings is 1. The molecule has 2 atom stereocenters. The van der Waals surface area contributed by atoms with Gasteiger partial charge in [-0.3, -0.25) is 4.90 Å². The van der Waals surface area contributed by atoms with Crippen LogP contribution in [0.1, 0.15) is 63.1 Å². The van der Waals surface area contributed by atoms with Crippen LogP contribution in [-0.2, 0) is 6.42 Å². The van der Waals surface area contributed by atoms with Crippen LogP contribution < -0.4 is 9.47 Å².